The largest absolute Gasteiger partial charge is 0.416 e. The lowest BCUT2D eigenvalue weighted by atomic mass is 10.1. The Morgan fingerprint density at radius 2 is 2.04 bits per heavy atom. The van der Waals surface area contributed by atoms with Crippen LogP contribution in [0.2, 0.25) is 0 Å². The minimum atomic E-state index is -4.35. The number of aromatic nitrogens is 1. The Balaban J connectivity index is 2.01. The summed E-state index contributed by atoms with van der Waals surface area (Å²) in [5.74, 6) is 0.510. The van der Waals surface area contributed by atoms with Gasteiger partial charge in [0.05, 0.1) is 23.8 Å². The van der Waals surface area contributed by atoms with E-state index in [1.165, 1.54) is 6.07 Å². The molecule has 25 heavy (non-hydrogen) atoms. The number of hydrogen-bond donors (Lipinski definition) is 2. The maximum atomic E-state index is 12.8. The summed E-state index contributed by atoms with van der Waals surface area (Å²) in [5, 5.41) is 7.17. The molecule has 0 amide bonds. The highest BCUT2D eigenvalue weighted by Crippen LogP contribution is 2.30. The fraction of sp³-hybridized carbons (Fsp3) is 0.412. The highest BCUT2D eigenvalue weighted by atomic mass is 32.1. The molecule has 1 unspecified atom stereocenters. The Bertz CT molecular complexity index is 733. The van der Waals surface area contributed by atoms with Crippen LogP contribution in [0.5, 0.6) is 0 Å². The third-order valence-corrected chi connectivity index (χ3v) is 4.84. The first-order chi connectivity index (χ1) is 11.7. The Kier molecular flexibility index (Phi) is 6.05. The number of aliphatic imine (C=N–C) groups is 1. The normalized spacial score (nSPS) is 13.6. The van der Waals surface area contributed by atoms with Crippen molar-refractivity contribution >= 4 is 17.3 Å². The summed E-state index contributed by atoms with van der Waals surface area (Å²) in [4.78, 5) is 9.72. The third kappa shape index (κ3) is 5.19. The van der Waals surface area contributed by atoms with Gasteiger partial charge in [-0.1, -0.05) is 12.1 Å². The summed E-state index contributed by atoms with van der Waals surface area (Å²) in [7, 11) is 1.62. The lowest BCUT2D eigenvalue weighted by molar-refractivity contribution is -0.137. The van der Waals surface area contributed by atoms with Gasteiger partial charge in [0.15, 0.2) is 5.96 Å². The first-order valence-corrected chi connectivity index (χ1v) is 8.59. The van der Waals surface area contributed by atoms with Crippen LogP contribution in [-0.2, 0) is 12.7 Å². The molecule has 0 radical (unpaired) electrons. The molecule has 0 spiro atoms. The average molecular weight is 370 g/mol. The van der Waals surface area contributed by atoms with Crippen molar-refractivity contribution in [2.45, 2.75) is 39.5 Å². The second-order valence-corrected chi connectivity index (χ2v) is 6.95. The van der Waals surface area contributed by atoms with E-state index < -0.39 is 11.7 Å². The van der Waals surface area contributed by atoms with Gasteiger partial charge in [0.1, 0.15) is 5.01 Å². The van der Waals surface area contributed by atoms with E-state index in [1.54, 1.807) is 31.4 Å². The summed E-state index contributed by atoms with van der Waals surface area (Å²) < 4.78 is 38.5. The predicted octanol–water partition coefficient (Wildman–Crippen LogP) is 4.20. The fourth-order valence-corrected chi connectivity index (χ4v) is 3.12. The van der Waals surface area contributed by atoms with E-state index in [9.17, 15) is 13.2 Å². The van der Waals surface area contributed by atoms with Crippen molar-refractivity contribution in [3.05, 3.63) is 51.0 Å². The van der Waals surface area contributed by atoms with Crippen molar-refractivity contribution in [1.82, 2.24) is 15.6 Å². The van der Waals surface area contributed by atoms with Crippen molar-refractivity contribution in [1.29, 1.82) is 0 Å². The van der Waals surface area contributed by atoms with Crippen molar-refractivity contribution in [2.24, 2.45) is 4.99 Å². The maximum absolute atomic E-state index is 12.8. The fourth-order valence-electron chi connectivity index (χ4n) is 2.24. The van der Waals surface area contributed by atoms with Crippen molar-refractivity contribution < 1.29 is 13.2 Å². The predicted molar refractivity (Wildman–Crippen MR) is 94.8 cm³/mol. The Labute approximate surface area is 149 Å². The molecular formula is C17H21F3N4S. The highest BCUT2D eigenvalue weighted by Gasteiger charge is 2.30. The van der Waals surface area contributed by atoms with Crippen molar-refractivity contribution in [3.8, 4) is 0 Å². The average Bonchev–Trinajstić information content (AvgIpc) is 2.88. The van der Waals surface area contributed by atoms with Gasteiger partial charge < -0.3 is 10.6 Å². The van der Waals surface area contributed by atoms with Gasteiger partial charge in [-0.15, -0.1) is 11.3 Å². The zero-order valence-corrected chi connectivity index (χ0v) is 15.3. The highest BCUT2D eigenvalue weighted by molar-refractivity contribution is 7.11. The first kappa shape index (κ1) is 19.2. The lowest BCUT2D eigenvalue weighted by Gasteiger charge is -2.19. The summed E-state index contributed by atoms with van der Waals surface area (Å²) in [5.41, 5.74) is 0.885. The number of thiazole rings is 1. The van der Waals surface area contributed by atoms with Gasteiger partial charge in [-0.05, 0) is 38.5 Å². The molecule has 0 saturated heterocycles. The van der Waals surface area contributed by atoms with Gasteiger partial charge in [-0.3, -0.25) is 4.99 Å². The number of nitrogens with zero attached hydrogens (tertiary/aromatic N) is 2. The molecule has 0 aliphatic rings. The molecule has 0 fully saturated rings. The van der Waals surface area contributed by atoms with E-state index in [1.807, 2.05) is 13.8 Å². The van der Waals surface area contributed by atoms with E-state index in [2.05, 4.69) is 20.6 Å². The molecule has 0 aliphatic carbocycles. The minimum absolute atomic E-state index is 0.326. The lowest BCUT2D eigenvalue weighted by Crippen LogP contribution is -2.38. The second-order valence-electron chi connectivity index (χ2n) is 5.66. The molecule has 0 saturated carbocycles. The van der Waals surface area contributed by atoms with E-state index in [-0.39, 0.29) is 6.04 Å². The van der Waals surface area contributed by atoms with E-state index in [0.29, 0.717) is 18.1 Å². The van der Waals surface area contributed by atoms with Gasteiger partial charge in [0, 0.05) is 11.9 Å². The molecule has 2 N–H and O–H groups in total. The number of benzene rings is 1. The molecule has 1 heterocycles. The van der Waals surface area contributed by atoms with E-state index in [0.717, 1.165) is 27.7 Å². The molecular weight excluding hydrogens is 349 g/mol. The molecule has 4 nitrogen and oxygen atoms in total. The monoisotopic (exact) mass is 370 g/mol. The van der Waals surface area contributed by atoms with Crippen LogP contribution in [-0.4, -0.2) is 18.0 Å². The first-order valence-electron chi connectivity index (χ1n) is 7.78. The van der Waals surface area contributed by atoms with Crippen LogP contribution >= 0.6 is 11.3 Å². The van der Waals surface area contributed by atoms with Gasteiger partial charge in [0.2, 0.25) is 0 Å². The summed E-state index contributed by atoms with van der Waals surface area (Å²) >= 11 is 1.61. The van der Waals surface area contributed by atoms with Crippen molar-refractivity contribution in [3.63, 3.8) is 0 Å². The molecule has 1 aromatic heterocycles. The standard InChI is InChI=1S/C17H21F3N4S/c1-10-12(3)25-15(23-10)9-22-16(21-4)24-11(2)13-6-5-7-14(8-13)17(18,19)20/h5-8,11H,9H2,1-4H3,(H2,21,22,24). The molecule has 0 bridgehead atoms. The molecule has 2 rings (SSSR count). The maximum Gasteiger partial charge on any atom is 0.416 e. The number of halogens is 3. The topological polar surface area (TPSA) is 49.3 Å². The Morgan fingerprint density at radius 3 is 2.60 bits per heavy atom. The van der Waals surface area contributed by atoms with E-state index in [4.69, 9.17) is 0 Å². The Morgan fingerprint density at radius 1 is 1.32 bits per heavy atom. The van der Waals surface area contributed by atoms with Gasteiger partial charge >= 0.3 is 6.18 Å². The van der Waals surface area contributed by atoms with Crippen molar-refractivity contribution in [2.75, 3.05) is 7.05 Å². The van der Waals surface area contributed by atoms with Crippen LogP contribution in [0.1, 0.15) is 39.7 Å². The molecule has 136 valence electrons. The summed E-state index contributed by atoms with van der Waals surface area (Å²) in [6.45, 7) is 6.27. The zero-order valence-electron chi connectivity index (χ0n) is 14.5. The van der Waals surface area contributed by atoms with Crippen LogP contribution in [0, 0.1) is 13.8 Å². The van der Waals surface area contributed by atoms with Crippen LogP contribution < -0.4 is 10.6 Å². The van der Waals surface area contributed by atoms with Crippen LogP contribution in [0.4, 0.5) is 13.2 Å². The number of hydrogen-bond acceptors (Lipinski definition) is 3. The summed E-state index contributed by atoms with van der Waals surface area (Å²) in [6, 6.07) is 4.96. The number of aryl methyl sites for hydroxylation is 2. The molecule has 8 heteroatoms. The SMILES string of the molecule is CN=C(NCc1nc(C)c(C)s1)NC(C)c1cccc(C(F)(F)F)c1. The third-order valence-electron chi connectivity index (χ3n) is 3.77. The van der Waals surface area contributed by atoms with E-state index >= 15 is 0 Å². The number of alkyl halides is 3. The van der Waals surface area contributed by atoms with Gasteiger partial charge in [-0.2, -0.15) is 13.2 Å². The van der Waals surface area contributed by atoms with Gasteiger partial charge in [0.25, 0.3) is 0 Å². The number of guanidine groups is 1. The molecule has 1 atom stereocenters. The molecule has 0 aliphatic heterocycles. The number of nitrogens with one attached hydrogen (secondary N) is 2. The van der Waals surface area contributed by atoms with Crippen LogP contribution in [0.25, 0.3) is 0 Å². The molecule has 1 aromatic carbocycles. The van der Waals surface area contributed by atoms with Crippen LogP contribution in [0.15, 0.2) is 29.3 Å². The molecule has 2 aromatic rings. The van der Waals surface area contributed by atoms with Crippen LogP contribution in [0.3, 0.4) is 0 Å². The quantitative estimate of drug-likeness (QED) is 0.626. The summed E-state index contributed by atoms with van der Waals surface area (Å²) in [6.07, 6.45) is -4.35. The zero-order chi connectivity index (χ0) is 18.6. The number of rotatable bonds is 4. The minimum Gasteiger partial charge on any atom is -0.350 e. The van der Waals surface area contributed by atoms with Gasteiger partial charge in [-0.25, -0.2) is 4.98 Å². The smallest absolute Gasteiger partial charge is 0.350 e. The Hall–Kier alpha value is -2.09. The second kappa shape index (κ2) is 7.86.